The molecule has 0 aromatic heterocycles. The van der Waals surface area contributed by atoms with E-state index in [1.807, 2.05) is 0 Å². The first-order valence-corrected chi connectivity index (χ1v) is 8.15. The number of nitrogens with zero attached hydrogens (tertiary/aromatic N) is 1. The molecule has 104 valence electrons. The summed E-state index contributed by atoms with van der Waals surface area (Å²) in [7, 11) is 0. The maximum Gasteiger partial charge on any atom is 0.0252 e. The number of hydrogen-bond acceptors (Lipinski definition) is 2. The topological polar surface area (TPSA) is 15.3 Å². The third-order valence-electron chi connectivity index (χ3n) is 5.68. The molecule has 1 N–H and O–H groups in total. The minimum atomic E-state index is 0.608. The van der Waals surface area contributed by atoms with E-state index < -0.39 is 0 Å². The zero-order valence-electron chi connectivity index (χ0n) is 12.3. The van der Waals surface area contributed by atoms with Gasteiger partial charge in [-0.15, -0.1) is 0 Å². The van der Waals surface area contributed by atoms with Gasteiger partial charge in [-0.2, -0.15) is 0 Å². The van der Waals surface area contributed by atoms with Crippen LogP contribution in [0.4, 0.5) is 0 Å². The van der Waals surface area contributed by atoms with E-state index in [4.69, 9.17) is 0 Å². The molecule has 1 aliphatic carbocycles. The number of likely N-dealkylation sites (tertiary alicyclic amines) is 1. The van der Waals surface area contributed by atoms with Crippen LogP contribution in [0.5, 0.6) is 0 Å². The van der Waals surface area contributed by atoms with E-state index in [1.54, 1.807) is 0 Å². The summed E-state index contributed by atoms with van der Waals surface area (Å²) in [5.41, 5.74) is 0.608. The largest absolute Gasteiger partial charge is 0.312 e. The van der Waals surface area contributed by atoms with Crippen LogP contribution in [0, 0.1) is 5.41 Å². The molecule has 2 unspecified atom stereocenters. The number of nitrogens with one attached hydrogen (secondary N) is 1. The average Bonchev–Trinajstić information content (AvgIpc) is 2.99. The van der Waals surface area contributed by atoms with Gasteiger partial charge in [0.15, 0.2) is 0 Å². The SMILES string of the molecule is CC1(C)CCC(N2CCCC2C2CCCN2)CC1. The highest BCUT2D eigenvalue weighted by Gasteiger charge is 2.39. The molecule has 3 rings (SSSR count). The second-order valence-corrected chi connectivity index (χ2v) is 7.55. The lowest BCUT2D eigenvalue weighted by Gasteiger charge is -2.42. The third-order valence-corrected chi connectivity index (χ3v) is 5.68. The first-order valence-electron chi connectivity index (χ1n) is 8.15. The van der Waals surface area contributed by atoms with Crippen LogP contribution in [0.2, 0.25) is 0 Å². The molecule has 2 atom stereocenters. The Morgan fingerprint density at radius 1 is 1.00 bits per heavy atom. The van der Waals surface area contributed by atoms with Gasteiger partial charge in [-0.25, -0.2) is 0 Å². The van der Waals surface area contributed by atoms with Crippen molar-refractivity contribution in [3.8, 4) is 0 Å². The summed E-state index contributed by atoms with van der Waals surface area (Å²) in [5, 5.41) is 3.74. The van der Waals surface area contributed by atoms with Crippen molar-refractivity contribution >= 4 is 0 Å². The lowest BCUT2D eigenvalue weighted by atomic mass is 9.75. The lowest BCUT2D eigenvalue weighted by Crippen LogP contribution is -2.49. The molecular formula is C16H30N2. The molecule has 2 saturated heterocycles. The zero-order valence-corrected chi connectivity index (χ0v) is 12.3. The molecular weight excluding hydrogens is 220 g/mol. The Hall–Kier alpha value is -0.0800. The van der Waals surface area contributed by atoms with E-state index in [0.717, 1.165) is 18.1 Å². The van der Waals surface area contributed by atoms with Crippen molar-refractivity contribution in [1.29, 1.82) is 0 Å². The van der Waals surface area contributed by atoms with E-state index in [-0.39, 0.29) is 0 Å². The monoisotopic (exact) mass is 250 g/mol. The highest BCUT2D eigenvalue weighted by molar-refractivity contribution is 4.96. The van der Waals surface area contributed by atoms with Crippen LogP contribution in [0.1, 0.15) is 65.2 Å². The first kappa shape index (κ1) is 12.9. The highest BCUT2D eigenvalue weighted by Crippen LogP contribution is 2.39. The molecule has 2 heteroatoms. The normalized spacial score (nSPS) is 38.3. The molecule has 3 aliphatic rings. The maximum absolute atomic E-state index is 3.74. The van der Waals surface area contributed by atoms with E-state index in [9.17, 15) is 0 Å². The minimum Gasteiger partial charge on any atom is -0.312 e. The molecule has 0 bridgehead atoms. The standard InChI is InChI=1S/C16H30N2/c1-16(2)9-7-13(8-10-16)18-12-4-6-15(18)14-5-3-11-17-14/h13-15,17H,3-12H2,1-2H3. The van der Waals surface area contributed by atoms with Gasteiger partial charge in [0.2, 0.25) is 0 Å². The Morgan fingerprint density at radius 2 is 1.78 bits per heavy atom. The predicted molar refractivity (Wildman–Crippen MR) is 76.8 cm³/mol. The third kappa shape index (κ3) is 2.60. The van der Waals surface area contributed by atoms with Gasteiger partial charge in [-0.3, -0.25) is 4.90 Å². The van der Waals surface area contributed by atoms with Gasteiger partial charge in [0.25, 0.3) is 0 Å². The maximum atomic E-state index is 3.74. The summed E-state index contributed by atoms with van der Waals surface area (Å²) >= 11 is 0. The Morgan fingerprint density at radius 3 is 2.44 bits per heavy atom. The van der Waals surface area contributed by atoms with Crippen LogP contribution in [-0.2, 0) is 0 Å². The summed E-state index contributed by atoms with van der Waals surface area (Å²) in [4.78, 5) is 2.89. The second-order valence-electron chi connectivity index (χ2n) is 7.55. The Bertz CT molecular complexity index is 271. The van der Waals surface area contributed by atoms with Crippen LogP contribution in [0.15, 0.2) is 0 Å². The number of rotatable bonds is 2. The van der Waals surface area contributed by atoms with E-state index in [0.29, 0.717) is 5.41 Å². The molecule has 0 aromatic carbocycles. The Balaban J connectivity index is 1.61. The summed E-state index contributed by atoms with van der Waals surface area (Å²) in [6.45, 7) is 7.52. The highest BCUT2D eigenvalue weighted by atomic mass is 15.2. The Labute approximate surface area is 113 Å². The molecule has 3 fully saturated rings. The minimum absolute atomic E-state index is 0.608. The van der Waals surface area contributed by atoms with Gasteiger partial charge in [0, 0.05) is 18.1 Å². The average molecular weight is 250 g/mol. The number of hydrogen-bond donors (Lipinski definition) is 1. The summed E-state index contributed by atoms with van der Waals surface area (Å²) < 4.78 is 0. The van der Waals surface area contributed by atoms with E-state index in [2.05, 4.69) is 24.1 Å². The summed E-state index contributed by atoms with van der Waals surface area (Å²) in [5.74, 6) is 0. The zero-order chi connectivity index (χ0) is 12.6. The second kappa shape index (κ2) is 5.13. The fourth-order valence-electron chi connectivity index (χ4n) is 4.46. The van der Waals surface area contributed by atoms with Crippen molar-refractivity contribution in [2.24, 2.45) is 5.41 Å². The fourth-order valence-corrected chi connectivity index (χ4v) is 4.46. The molecule has 2 heterocycles. The molecule has 2 nitrogen and oxygen atoms in total. The van der Waals surface area contributed by atoms with Gasteiger partial charge < -0.3 is 5.32 Å². The molecule has 0 aromatic rings. The first-order chi connectivity index (χ1) is 8.66. The van der Waals surface area contributed by atoms with Crippen molar-refractivity contribution in [3.63, 3.8) is 0 Å². The quantitative estimate of drug-likeness (QED) is 0.810. The summed E-state index contributed by atoms with van der Waals surface area (Å²) in [6, 6.07) is 2.56. The smallest absolute Gasteiger partial charge is 0.0252 e. The van der Waals surface area contributed by atoms with Crippen LogP contribution in [0.3, 0.4) is 0 Å². The lowest BCUT2D eigenvalue weighted by molar-refractivity contribution is 0.0851. The van der Waals surface area contributed by atoms with Crippen molar-refractivity contribution in [3.05, 3.63) is 0 Å². The van der Waals surface area contributed by atoms with Crippen molar-refractivity contribution in [1.82, 2.24) is 10.2 Å². The predicted octanol–water partition coefficient (Wildman–Crippen LogP) is 3.17. The fraction of sp³-hybridized carbons (Fsp3) is 1.00. The van der Waals surface area contributed by atoms with Gasteiger partial charge in [-0.1, -0.05) is 13.8 Å². The molecule has 1 saturated carbocycles. The molecule has 18 heavy (non-hydrogen) atoms. The van der Waals surface area contributed by atoms with Gasteiger partial charge >= 0.3 is 0 Å². The van der Waals surface area contributed by atoms with Gasteiger partial charge in [0.05, 0.1) is 0 Å². The van der Waals surface area contributed by atoms with Crippen molar-refractivity contribution in [2.75, 3.05) is 13.1 Å². The van der Waals surface area contributed by atoms with E-state index >= 15 is 0 Å². The molecule has 0 spiro atoms. The summed E-state index contributed by atoms with van der Waals surface area (Å²) in [6.07, 6.45) is 11.4. The van der Waals surface area contributed by atoms with E-state index in [1.165, 1.54) is 64.5 Å². The Kier molecular flexibility index (Phi) is 3.68. The molecule has 0 radical (unpaired) electrons. The van der Waals surface area contributed by atoms with Crippen LogP contribution >= 0.6 is 0 Å². The van der Waals surface area contributed by atoms with Crippen molar-refractivity contribution < 1.29 is 0 Å². The molecule has 2 aliphatic heterocycles. The van der Waals surface area contributed by atoms with Crippen LogP contribution in [-0.4, -0.2) is 36.1 Å². The molecule has 0 amide bonds. The van der Waals surface area contributed by atoms with Crippen LogP contribution < -0.4 is 5.32 Å². The van der Waals surface area contributed by atoms with Gasteiger partial charge in [-0.05, 0) is 69.9 Å². The van der Waals surface area contributed by atoms with Crippen LogP contribution in [0.25, 0.3) is 0 Å². The van der Waals surface area contributed by atoms with Gasteiger partial charge in [0.1, 0.15) is 0 Å². The van der Waals surface area contributed by atoms with Crippen molar-refractivity contribution in [2.45, 2.75) is 83.3 Å².